The Kier molecular flexibility index (Phi) is 7.10. The molecule has 0 spiro atoms. The number of anilines is 6. The summed E-state index contributed by atoms with van der Waals surface area (Å²) in [5.74, 6) is 0. The van der Waals surface area contributed by atoms with Gasteiger partial charge in [-0.1, -0.05) is 121 Å². The lowest BCUT2D eigenvalue weighted by atomic mass is 9.94. The standard InChI is InChI=1S/C56H38N4/c1-5-15-39(16-6-1)59(40-17-7-2-8-18-40)43-29-27-37-35-57-53-34-52-48-26-14-24-46-50-32-44(60(41-19-9-3-10-20-41)42-21-11-4-12-22-42)30-28-38(50)36-58(56(46)48)54(52)33-51(53)47-25-13-23-45(55(47)57)49(37)31-43/h1-34H,35-36H2. The molecule has 0 saturated carbocycles. The van der Waals surface area contributed by atoms with Crippen LogP contribution in [0.2, 0.25) is 0 Å². The van der Waals surface area contributed by atoms with Gasteiger partial charge in [-0.2, -0.15) is 0 Å². The van der Waals surface area contributed by atoms with Crippen molar-refractivity contribution in [2.45, 2.75) is 13.1 Å². The molecule has 0 radical (unpaired) electrons. The Labute approximate surface area is 348 Å². The van der Waals surface area contributed by atoms with E-state index in [4.69, 9.17) is 0 Å². The van der Waals surface area contributed by atoms with Gasteiger partial charge in [-0.05, 0) is 107 Å². The maximum Gasteiger partial charge on any atom is 0.0574 e. The second-order valence-electron chi connectivity index (χ2n) is 16.2. The summed E-state index contributed by atoms with van der Waals surface area (Å²) >= 11 is 0. The summed E-state index contributed by atoms with van der Waals surface area (Å²) in [7, 11) is 0. The Morgan fingerprint density at radius 2 is 0.650 bits per heavy atom. The van der Waals surface area contributed by atoms with Gasteiger partial charge >= 0.3 is 0 Å². The molecule has 4 heteroatoms. The van der Waals surface area contributed by atoms with Gasteiger partial charge in [0, 0.05) is 79.9 Å². The molecule has 0 unspecified atom stereocenters. The number of nitrogens with zero attached hydrogens (tertiary/aromatic N) is 4. The smallest absolute Gasteiger partial charge is 0.0574 e. The van der Waals surface area contributed by atoms with E-state index in [1.54, 1.807) is 0 Å². The Bertz CT molecular complexity index is 3160. The van der Waals surface area contributed by atoms with Gasteiger partial charge in [0.2, 0.25) is 0 Å². The van der Waals surface area contributed by atoms with Crippen LogP contribution in [-0.2, 0) is 13.1 Å². The van der Waals surface area contributed by atoms with Gasteiger partial charge < -0.3 is 18.9 Å². The Balaban J connectivity index is 0.967. The summed E-state index contributed by atoms with van der Waals surface area (Å²) in [5.41, 5.74) is 20.0. The van der Waals surface area contributed by atoms with Crippen LogP contribution in [0, 0.1) is 0 Å². The van der Waals surface area contributed by atoms with Crippen LogP contribution in [-0.4, -0.2) is 9.13 Å². The van der Waals surface area contributed by atoms with Crippen LogP contribution >= 0.6 is 0 Å². The van der Waals surface area contributed by atoms with E-state index in [0.29, 0.717) is 0 Å². The summed E-state index contributed by atoms with van der Waals surface area (Å²) in [4.78, 5) is 4.72. The Morgan fingerprint density at radius 3 is 1.02 bits per heavy atom. The van der Waals surface area contributed by atoms with Crippen molar-refractivity contribution < 1.29 is 0 Å². The number of benzene rings is 9. The highest BCUT2D eigenvalue weighted by Gasteiger charge is 2.27. The first-order valence-corrected chi connectivity index (χ1v) is 20.8. The lowest BCUT2D eigenvalue weighted by Crippen LogP contribution is -2.12. The van der Waals surface area contributed by atoms with Crippen LogP contribution in [0.3, 0.4) is 0 Å². The summed E-state index contributed by atoms with van der Waals surface area (Å²) in [6.07, 6.45) is 0. The largest absolute Gasteiger partial charge is 0.335 e. The third-order valence-electron chi connectivity index (χ3n) is 12.9. The molecule has 2 aliphatic rings. The highest BCUT2D eigenvalue weighted by atomic mass is 15.1. The molecule has 60 heavy (non-hydrogen) atoms. The molecule has 11 aromatic rings. The molecule has 282 valence electrons. The minimum Gasteiger partial charge on any atom is -0.335 e. The van der Waals surface area contributed by atoms with E-state index in [1.165, 1.54) is 77.0 Å². The summed E-state index contributed by atoms with van der Waals surface area (Å²) < 4.78 is 5.14. The number of aromatic nitrogens is 2. The van der Waals surface area contributed by atoms with Crippen molar-refractivity contribution >= 4 is 77.7 Å². The van der Waals surface area contributed by atoms with Crippen molar-refractivity contribution in [3.05, 3.63) is 217 Å². The lowest BCUT2D eigenvalue weighted by molar-refractivity contribution is 0.857. The van der Waals surface area contributed by atoms with Gasteiger partial charge in [-0.3, -0.25) is 0 Å². The number of para-hydroxylation sites is 6. The molecule has 2 aromatic heterocycles. The van der Waals surface area contributed by atoms with Crippen molar-refractivity contribution in [1.82, 2.24) is 9.13 Å². The fraction of sp³-hybridized carbons (Fsp3) is 0.0357. The predicted molar refractivity (Wildman–Crippen MR) is 251 cm³/mol. The second kappa shape index (κ2) is 12.8. The zero-order chi connectivity index (χ0) is 39.3. The van der Waals surface area contributed by atoms with Gasteiger partial charge in [0.1, 0.15) is 0 Å². The number of fused-ring (bicyclic) bond motifs is 10. The zero-order valence-electron chi connectivity index (χ0n) is 32.8. The van der Waals surface area contributed by atoms with E-state index in [2.05, 4.69) is 225 Å². The molecule has 4 nitrogen and oxygen atoms in total. The number of hydrogen-bond acceptors (Lipinski definition) is 2. The fourth-order valence-electron chi connectivity index (χ4n) is 10.3. The highest BCUT2D eigenvalue weighted by Crippen LogP contribution is 2.48. The van der Waals surface area contributed by atoms with Gasteiger partial charge in [-0.25, -0.2) is 0 Å². The highest BCUT2D eigenvalue weighted by molar-refractivity contribution is 6.22. The lowest BCUT2D eigenvalue weighted by Gasteiger charge is -2.28. The van der Waals surface area contributed by atoms with Gasteiger partial charge in [0.25, 0.3) is 0 Å². The van der Waals surface area contributed by atoms with Crippen LogP contribution in [0.5, 0.6) is 0 Å². The average molecular weight is 767 g/mol. The van der Waals surface area contributed by atoms with E-state index < -0.39 is 0 Å². The maximum absolute atomic E-state index is 2.57. The Morgan fingerprint density at radius 1 is 0.283 bits per heavy atom. The topological polar surface area (TPSA) is 16.3 Å². The monoisotopic (exact) mass is 766 g/mol. The molecular formula is C56H38N4. The normalized spacial score (nSPS) is 12.5. The van der Waals surface area contributed by atoms with Gasteiger partial charge in [-0.15, -0.1) is 0 Å². The van der Waals surface area contributed by atoms with Crippen molar-refractivity contribution in [2.24, 2.45) is 0 Å². The van der Waals surface area contributed by atoms with E-state index in [0.717, 1.165) is 47.2 Å². The second-order valence-corrected chi connectivity index (χ2v) is 16.2. The van der Waals surface area contributed by atoms with Crippen molar-refractivity contribution in [3.63, 3.8) is 0 Å². The zero-order valence-corrected chi connectivity index (χ0v) is 32.8. The molecule has 9 aromatic carbocycles. The molecular weight excluding hydrogens is 729 g/mol. The summed E-state index contributed by atoms with van der Waals surface area (Å²) in [5, 5.41) is 5.24. The minimum atomic E-state index is 0.826. The average Bonchev–Trinajstić information content (AvgIpc) is 3.80. The SMILES string of the molecule is c1ccc(N(c2ccccc2)c2ccc3c(c2)-c2cccc4c5cc6c(cc5n(c24)C3)c2cccc3c2n6Cc2ccc(N(c4ccccc4)c4ccccc4)cc2-3)cc1. The van der Waals surface area contributed by atoms with E-state index >= 15 is 0 Å². The minimum absolute atomic E-state index is 0.826. The molecule has 0 fully saturated rings. The first-order valence-electron chi connectivity index (χ1n) is 20.8. The van der Waals surface area contributed by atoms with E-state index in [1.807, 2.05) is 0 Å². The van der Waals surface area contributed by atoms with Crippen molar-refractivity contribution in [3.8, 4) is 22.3 Å². The summed E-state index contributed by atoms with van der Waals surface area (Å²) in [6, 6.07) is 75.6. The van der Waals surface area contributed by atoms with E-state index in [9.17, 15) is 0 Å². The molecule has 0 N–H and O–H groups in total. The molecule has 0 saturated heterocycles. The Hall–Kier alpha value is -7.82. The van der Waals surface area contributed by atoms with E-state index in [-0.39, 0.29) is 0 Å². The van der Waals surface area contributed by atoms with Crippen molar-refractivity contribution in [2.75, 3.05) is 9.80 Å². The molecule has 13 rings (SSSR count). The molecule has 0 aliphatic carbocycles. The molecule has 4 heterocycles. The predicted octanol–water partition coefficient (Wildman–Crippen LogP) is 14.9. The third kappa shape index (κ3) is 4.85. The quantitative estimate of drug-likeness (QED) is 0.168. The maximum atomic E-state index is 2.57. The molecule has 0 amide bonds. The van der Waals surface area contributed by atoms with Crippen LogP contribution in [0.15, 0.2) is 206 Å². The third-order valence-corrected chi connectivity index (χ3v) is 12.9. The van der Waals surface area contributed by atoms with Gasteiger partial charge in [0.15, 0.2) is 0 Å². The van der Waals surface area contributed by atoms with Crippen LogP contribution < -0.4 is 9.80 Å². The molecule has 2 aliphatic heterocycles. The van der Waals surface area contributed by atoms with Gasteiger partial charge in [0.05, 0.1) is 22.1 Å². The van der Waals surface area contributed by atoms with Crippen molar-refractivity contribution in [1.29, 1.82) is 0 Å². The first-order chi connectivity index (χ1) is 29.8. The number of rotatable bonds is 6. The number of hydrogen-bond donors (Lipinski definition) is 0. The van der Waals surface area contributed by atoms with Crippen LogP contribution in [0.25, 0.3) is 65.9 Å². The molecule has 0 atom stereocenters. The fourth-order valence-corrected chi connectivity index (χ4v) is 10.3. The van der Waals surface area contributed by atoms with Crippen LogP contribution in [0.4, 0.5) is 34.1 Å². The molecule has 0 bridgehead atoms. The summed E-state index contributed by atoms with van der Waals surface area (Å²) in [6.45, 7) is 1.65. The first kappa shape index (κ1) is 33.2. The van der Waals surface area contributed by atoms with Crippen LogP contribution in [0.1, 0.15) is 11.1 Å².